The Labute approximate surface area is 188 Å². The van der Waals surface area contributed by atoms with Gasteiger partial charge in [0.25, 0.3) is 5.91 Å². The fraction of sp³-hybridized carbons (Fsp3) is 0.333. The van der Waals surface area contributed by atoms with Gasteiger partial charge in [0, 0.05) is 29.4 Å². The van der Waals surface area contributed by atoms with Gasteiger partial charge < -0.3 is 20.5 Å². The highest BCUT2D eigenvalue weighted by atomic mass is 19.4. The molecule has 1 unspecified atom stereocenters. The summed E-state index contributed by atoms with van der Waals surface area (Å²) in [6.45, 7) is 0.246. The van der Waals surface area contributed by atoms with Crippen molar-refractivity contribution in [3.8, 4) is 11.5 Å². The van der Waals surface area contributed by atoms with Gasteiger partial charge in [-0.1, -0.05) is 12.1 Å². The standard InChI is InChI=1S/C24H24F3N3O3/c1-32-20-10-16-19(11-21(20)33-2)30-18-9-13(7-8-15(18)22(16)28)12-29-23(31)14-5-3-4-6-17(14)24(25,26)27/h3-6,10-11,13H,7-9,12H2,1-2H3,(H2,28,30)(H,29,31). The number of benzene rings is 2. The van der Waals surface area contributed by atoms with Crippen LogP contribution >= 0.6 is 0 Å². The van der Waals surface area contributed by atoms with E-state index in [9.17, 15) is 18.0 Å². The third-order valence-corrected chi connectivity index (χ3v) is 6.03. The zero-order valence-corrected chi connectivity index (χ0v) is 18.3. The van der Waals surface area contributed by atoms with E-state index in [1.807, 2.05) is 0 Å². The lowest BCUT2D eigenvalue weighted by molar-refractivity contribution is -0.137. The molecule has 9 heteroatoms. The summed E-state index contributed by atoms with van der Waals surface area (Å²) in [7, 11) is 3.10. The predicted molar refractivity (Wildman–Crippen MR) is 119 cm³/mol. The van der Waals surface area contributed by atoms with Crippen molar-refractivity contribution in [2.75, 3.05) is 26.5 Å². The molecular weight excluding hydrogens is 435 g/mol. The first-order valence-electron chi connectivity index (χ1n) is 10.5. The van der Waals surface area contributed by atoms with Crippen molar-refractivity contribution in [1.82, 2.24) is 10.3 Å². The van der Waals surface area contributed by atoms with E-state index in [4.69, 9.17) is 20.2 Å². The second-order valence-electron chi connectivity index (χ2n) is 8.04. The first kappa shape index (κ1) is 22.7. The number of alkyl halides is 3. The van der Waals surface area contributed by atoms with E-state index in [1.54, 1.807) is 26.4 Å². The molecule has 0 fully saturated rings. The van der Waals surface area contributed by atoms with Gasteiger partial charge in [-0.2, -0.15) is 13.2 Å². The number of halogens is 3. The van der Waals surface area contributed by atoms with Gasteiger partial charge in [-0.25, -0.2) is 0 Å². The molecule has 2 aromatic carbocycles. The fourth-order valence-corrected chi connectivity index (χ4v) is 4.31. The van der Waals surface area contributed by atoms with Gasteiger partial charge in [-0.3, -0.25) is 9.78 Å². The van der Waals surface area contributed by atoms with E-state index in [0.29, 0.717) is 35.5 Å². The normalized spacial score (nSPS) is 15.7. The Morgan fingerprint density at radius 3 is 2.58 bits per heavy atom. The highest BCUT2D eigenvalue weighted by Crippen LogP contribution is 2.38. The highest BCUT2D eigenvalue weighted by Gasteiger charge is 2.35. The summed E-state index contributed by atoms with van der Waals surface area (Å²) in [6, 6.07) is 8.35. The van der Waals surface area contributed by atoms with Gasteiger partial charge >= 0.3 is 6.18 Å². The molecule has 1 aliphatic rings. The number of nitrogens with one attached hydrogen (secondary N) is 1. The Kier molecular flexibility index (Phi) is 6.05. The summed E-state index contributed by atoms with van der Waals surface area (Å²) < 4.78 is 50.4. The smallest absolute Gasteiger partial charge is 0.417 e. The zero-order valence-electron chi connectivity index (χ0n) is 18.3. The maximum absolute atomic E-state index is 13.2. The Bertz CT molecular complexity index is 1210. The number of aromatic nitrogens is 1. The monoisotopic (exact) mass is 459 g/mol. The number of amides is 1. The molecule has 1 atom stereocenters. The van der Waals surface area contributed by atoms with E-state index < -0.39 is 17.6 Å². The molecule has 0 saturated carbocycles. The Hall–Kier alpha value is -3.49. The Balaban J connectivity index is 1.53. The first-order chi connectivity index (χ1) is 15.7. The highest BCUT2D eigenvalue weighted by molar-refractivity contribution is 5.96. The van der Waals surface area contributed by atoms with Crippen LogP contribution in [0.2, 0.25) is 0 Å². The minimum atomic E-state index is -4.59. The van der Waals surface area contributed by atoms with E-state index in [-0.39, 0.29) is 18.0 Å². The van der Waals surface area contributed by atoms with Crippen LogP contribution in [0.5, 0.6) is 11.5 Å². The molecule has 1 amide bonds. The van der Waals surface area contributed by atoms with Crippen LogP contribution in [0.3, 0.4) is 0 Å². The van der Waals surface area contributed by atoms with Crippen molar-refractivity contribution in [2.45, 2.75) is 25.4 Å². The molecule has 1 aromatic heterocycles. The summed E-state index contributed by atoms with van der Waals surface area (Å²) >= 11 is 0. The van der Waals surface area contributed by atoms with Gasteiger partial charge in [0.1, 0.15) is 0 Å². The van der Waals surface area contributed by atoms with Crippen molar-refractivity contribution in [3.05, 3.63) is 58.8 Å². The topological polar surface area (TPSA) is 86.5 Å². The minimum absolute atomic E-state index is 0.0315. The van der Waals surface area contributed by atoms with E-state index in [2.05, 4.69) is 5.32 Å². The number of nitrogens with two attached hydrogens (primary N) is 1. The third kappa shape index (κ3) is 4.40. The van der Waals surface area contributed by atoms with Crippen LogP contribution in [-0.2, 0) is 19.0 Å². The van der Waals surface area contributed by atoms with E-state index in [0.717, 1.165) is 29.1 Å². The van der Waals surface area contributed by atoms with Crippen LogP contribution in [0.4, 0.5) is 18.9 Å². The summed E-state index contributed by atoms with van der Waals surface area (Å²) in [5.74, 6) is 0.398. The molecule has 3 aromatic rings. The number of ether oxygens (including phenoxy) is 2. The SMILES string of the molecule is COc1cc2nc3c(c(N)c2cc1OC)CCC(CNC(=O)c1ccccc1C(F)(F)F)C3. The summed E-state index contributed by atoms with van der Waals surface area (Å²) in [5.41, 5.74) is 8.22. The molecule has 0 saturated heterocycles. The maximum atomic E-state index is 13.2. The van der Waals surface area contributed by atoms with Crippen molar-refractivity contribution in [1.29, 1.82) is 0 Å². The number of carbonyl (C=O) groups excluding carboxylic acids is 1. The fourth-order valence-electron chi connectivity index (χ4n) is 4.31. The van der Waals surface area contributed by atoms with Crippen LogP contribution in [-0.4, -0.2) is 31.7 Å². The quantitative estimate of drug-likeness (QED) is 0.591. The molecule has 0 spiro atoms. The van der Waals surface area contributed by atoms with Gasteiger partial charge in [0.05, 0.1) is 30.9 Å². The number of nitrogen functional groups attached to an aromatic ring is 1. The summed E-state index contributed by atoms with van der Waals surface area (Å²) in [4.78, 5) is 17.3. The number of hydrogen-bond donors (Lipinski definition) is 2. The molecule has 6 nitrogen and oxygen atoms in total. The number of nitrogens with zero attached hydrogens (tertiary/aromatic N) is 1. The van der Waals surface area contributed by atoms with Crippen molar-refractivity contribution >= 4 is 22.5 Å². The number of pyridine rings is 1. The van der Waals surface area contributed by atoms with E-state index >= 15 is 0 Å². The molecule has 174 valence electrons. The molecule has 0 bridgehead atoms. The lowest BCUT2D eigenvalue weighted by Crippen LogP contribution is -2.33. The molecule has 33 heavy (non-hydrogen) atoms. The molecule has 0 radical (unpaired) electrons. The summed E-state index contributed by atoms with van der Waals surface area (Å²) in [6.07, 6.45) is -2.63. The minimum Gasteiger partial charge on any atom is -0.493 e. The Morgan fingerprint density at radius 1 is 1.18 bits per heavy atom. The molecule has 4 rings (SSSR count). The van der Waals surface area contributed by atoms with Crippen LogP contribution in [0, 0.1) is 5.92 Å². The summed E-state index contributed by atoms with van der Waals surface area (Å²) in [5, 5.41) is 3.44. The number of fused-ring (bicyclic) bond motifs is 2. The first-order valence-corrected chi connectivity index (χ1v) is 10.5. The van der Waals surface area contributed by atoms with Crippen molar-refractivity contribution < 1.29 is 27.4 Å². The predicted octanol–water partition coefficient (Wildman–Crippen LogP) is 4.39. The average molecular weight is 459 g/mol. The Morgan fingerprint density at radius 2 is 1.88 bits per heavy atom. The number of hydrogen-bond acceptors (Lipinski definition) is 5. The number of anilines is 1. The second-order valence-corrected chi connectivity index (χ2v) is 8.04. The zero-order chi connectivity index (χ0) is 23.8. The maximum Gasteiger partial charge on any atom is 0.417 e. The number of rotatable bonds is 5. The molecule has 1 heterocycles. The molecule has 3 N–H and O–H groups in total. The van der Waals surface area contributed by atoms with Gasteiger partial charge in [-0.15, -0.1) is 0 Å². The van der Waals surface area contributed by atoms with Gasteiger partial charge in [0.15, 0.2) is 11.5 Å². The lowest BCUT2D eigenvalue weighted by Gasteiger charge is -2.26. The van der Waals surface area contributed by atoms with Crippen molar-refractivity contribution in [2.24, 2.45) is 5.92 Å². The molecular formula is C24H24F3N3O3. The number of methoxy groups -OCH3 is 2. The van der Waals surface area contributed by atoms with E-state index in [1.165, 1.54) is 18.2 Å². The van der Waals surface area contributed by atoms with Crippen LogP contribution in [0.25, 0.3) is 10.9 Å². The number of carbonyl (C=O) groups is 1. The van der Waals surface area contributed by atoms with Gasteiger partial charge in [0.2, 0.25) is 0 Å². The van der Waals surface area contributed by atoms with Crippen molar-refractivity contribution in [3.63, 3.8) is 0 Å². The van der Waals surface area contributed by atoms with Crippen LogP contribution in [0.15, 0.2) is 36.4 Å². The van der Waals surface area contributed by atoms with Gasteiger partial charge in [-0.05, 0) is 48.9 Å². The second kappa shape index (κ2) is 8.80. The van der Waals surface area contributed by atoms with Crippen LogP contribution < -0.4 is 20.5 Å². The van der Waals surface area contributed by atoms with Crippen LogP contribution in [0.1, 0.15) is 33.6 Å². The molecule has 0 aliphatic heterocycles. The average Bonchev–Trinajstić information content (AvgIpc) is 2.81. The lowest BCUT2D eigenvalue weighted by atomic mass is 9.85. The molecule has 1 aliphatic carbocycles. The largest absolute Gasteiger partial charge is 0.493 e. The third-order valence-electron chi connectivity index (χ3n) is 6.03.